The number of amides is 1. The number of pyridine rings is 1. The number of nitrogens with zero attached hydrogens (tertiary/aromatic N) is 2. The van der Waals surface area contributed by atoms with Crippen molar-refractivity contribution in [3.8, 4) is 0 Å². The standard InChI is InChI=1S/C17H18ClFN4O/c18-14-2-1-3-15(19)13(14)10-17(24)22-16-5-4-12(11-21-16)23-8-6-20-7-9-23/h1-5,11,20H,6-10H2,(H,21,22,24). The first-order chi connectivity index (χ1) is 11.6. The Morgan fingerprint density at radius 2 is 2.08 bits per heavy atom. The number of carbonyl (C=O) groups excluding carboxylic acids is 1. The quantitative estimate of drug-likeness (QED) is 0.891. The summed E-state index contributed by atoms with van der Waals surface area (Å²) in [5.41, 5.74) is 1.21. The third kappa shape index (κ3) is 4.01. The summed E-state index contributed by atoms with van der Waals surface area (Å²) in [5.74, 6) is -0.407. The van der Waals surface area contributed by atoms with Crippen molar-refractivity contribution >= 4 is 29.0 Å². The van der Waals surface area contributed by atoms with Crippen LogP contribution in [0.25, 0.3) is 0 Å². The maximum atomic E-state index is 13.7. The second-order valence-electron chi connectivity index (χ2n) is 5.56. The number of anilines is 2. The summed E-state index contributed by atoms with van der Waals surface area (Å²) in [7, 11) is 0. The lowest BCUT2D eigenvalue weighted by atomic mass is 10.1. The summed E-state index contributed by atoms with van der Waals surface area (Å²) in [6.07, 6.45) is 1.60. The molecule has 1 saturated heterocycles. The fourth-order valence-electron chi connectivity index (χ4n) is 2.62. The van der Waals surface area contributed by atoms with Crippen LogP contribution >= 0.6 is 11.6 Å². The largest absolute Gasteiger partial charge is 0.368 e. The molecule has 2 N–H and O–H groups in total. The van der Waals surface area contributed by atoms with Gasteiger partial charge in [-0.2, -0.15) is 0 Å². The molecule has 0 radical (unpaired) electrons. The van der Waals surface area contributed by atoms with Crippen LogP contribution in [0.4, 0.5) is 15.9 Å². The number of rotatable bonds is 4. The first-order valence-electron chi connectivity index (χ1n) is 7.78. The van der Waals surface area contributed by atoms with Gasteiger partial charge in [0.25, 0.3) is 0 Å². The van der Waals surface area contributed by atoms with Crippen molar-refractivity contribution in [1.82, 2.24) is 10.3 Å². The Morgan fingerprint density at radius 1 is 1.29 bits per heavy atom. The molecule has 5 nitrogen and oxygen atoms in total. The highest BCUT2D eigenvalue weighted by molar-refractivity contribution is 6.31. The minimum absolute atomic E-state index is 0.132. The van der Waals surface area contributed by atoms with Crippen LogP contribution in [0.15, 0.2) is 36.5 Å². The maximum Gasteiger partial charge on any atom is 0.230 e. The first-order valence-corrected chi connectivity index (χ1v) is 8.16. The van der Waals surface area contributed by atoms with E-state index in [1.54, 1.807) is 18.3 Å². The van der Waals surface area contributed by atoms with Gasteiger partial charge in [0.05, 0.1) is 18.3 Å². The monoisotopic (exact) mass is 348 g/mol. The van der Waals surface area contributed by atoms with Crippen LogP contribution in [0, 0.1) is 5.82 Å². The molecular weight excluding hydrogens is 331 g/mol. The molecule has 0 unspecified atom stereocenters. The second kappa shape index (κ2) is 7.59. The topological polar surface area (TPSA) is 57.3 Å². The van der Waals surface area contributed by atoms with Crippen LogP contribution in [0.1, 0.15) is 5.56 Å². The number of piperazine rings is 1. The number of carbonyl (C=O) groups is 1. The summed E-state index contributed by atoms with van der Waals surface area (Å²) in [6, 6.07) is 8.03. The van der Waals surface area contributed by atoms with E-state index in [0.29, 0.717) is 5.82 Å². The molecule has 1 aromatic heterocycles. The molecule has 7 heteroatoms. The molecule has 1 aromatic carbocycles. The van der Waals surface area contributed by atoms with Gasteiger partial charge in [-0.15, -0.1) is 0 Å². The van der Waals surface area contributed by atoms with Crippen molar-refractivity contribution in [2.75, 3.05) is 36.4 Å². The number of nitrogens with one attached hydrogen (secondary N) is 2. The average Bonchev–Trinajstić information content (AvgIpc) is 2.60. The van der Waals surface area contributed by atoms with Crippen LogP contribution in [0.5, 0.6) is 0 Å². The number of aromatic nitrogens is 1. The van der Waals surface area contributed by atoms with Crippen molar-refractivity contribution < 1.29 is 9.18 Å². The molecule has 0 atom stereocenters. The van der Waals surface area contributed by atoms with Gasteiger partial charge in [0, 0.05) is 36.8 Å². The van der Waals surface area contributed by atoms with Crippen LogP contribution in [-0.2, 0) is 11.2 Å². The molecule has 24 heavy (non-hydrogen) atoms. The Kier molecular flexibility index (Phi) is 5.27. The average molecular weight is 349 g/mol. The van der Waals surface area contributed by atoms with Crippen LogP contribution in [-0.4, -0.2) is 37.1 Å². The van der Waals surface area contributed by atoms with Gasteiger partial charge >= 0.3 is 0 Å². The normalized spacial score (nSPS) is 14.5. The third-order valence-corrected chi connectivity index (χ3v) is 4.25. The smallest absolute Gasteiger partial charge is 0.230 e. The Balaban J connectivity index is 1.62. The summed E-state index contributed by atoms with van der Waals surface area (Å²) in [4.78, 5) is 18.6. The lowest BCUT2D eigenvalue weighted by Gasteiger charge is -2.29. The van der Waals surface area contributed by atoms with Crippen LogP contribution in [0.3, 0.4) is 0 Å². The van der Waals surface area contributed by atoms with Crippen molar-refractivity contribution in [2.24, 2.45) is 0 Å². The van der Waals surface area contributed by atoms with Crippen molar-refractivity contribution in [2.45, 2.75) is 6.42 Å². The molecule has 0 bridgehead atoms. The maximum absolute atomic E-state index is 13.7. The van der Waals surface area contributed by atoms with E-state index in [1.165, 1.54) is 12.1 Å². The molecule has 1 aliphatic heterocycles. The number of hydrogen-bond donors (Lipinski definition) is 2. The van der Waals surface area contributed by atoms with Gasteiger partial charge < -0.3 is 15.5 Å². The molecule has 0 saturated carbocycles. The zero-order chi connectivity index (χ0) is 16.9. The lowest BCUT2D eigenvalue weighted by molar-refractivity contribution is -0.115. The van der Waals surface area contributed by atoms with Crippen LogP contribution in [0.2, 0.25) is 5.02 Å². The Morgan fingerprint density at radius 3 is 2.75 bits per heavy atom. The van der Waals surface area contributed by atoms with Gasteiger partial charge in [0.1, 0.15) is 11.6 Å². The first kappa shape index (κ1) is 16.7. The molecule has 1 amide bonds. The van der Waals surface area contributed by atoms with Gasteiger partial charge in [0.2, 0.25) is 5.91 Å². The van der Waals surface area contributed by atoms with Crippen molar-refractivity contribution in [3.63, 3.8) is 0 Å². The molecule has 2 aromatic rings. The Bertz CT molecular complexity index is 697. The number of halogens is 2. The molecular formula is C17H18ClFN4O. The molecule has 126 valence electrons. The molecule has 2 heterocycles. The Labute approximate surface area is 144 Å². The minimum Gasteiger partial charge on any atom is -0.368 e. The van der Waals surface area contributed by atoms with Crippen molar-refractivity contribution in [3.05, 3.63) is 52.9 Å². The zero-order valence-electron chi connectivity index (χ0n) is 13.1. The van der Waals surface area contributed by atoms with E-state index in [1.807, 2.05) is 6.07 Å². The highest BCUT2D eigenvalue weighted by Crippen LogP contribution is 2.20. The van der Waals surface area contributed by atoms with Gasteiger partial charge in [-0.1, -0.05) is 17.7 Å². The molecule has 1 fully saturated rings. The van der Waals surface area contributed by atoms with E-state index in [-0.39, 0.29) is 22.9 Å². The van der Waals surface area contributed by atoms with E-state index in [0.717, 1.165) is 31.9 Å². The summed E-state index contributed by atoms with van der Waals surface area (Å²) in [5, 5.41) is 6.21. The van der Waals surface area contributed by atoms with E-state index >= 15 is 0 Å². The minimum atomic E-state index is -0.486. The predicted octanol–water partition coefficient (Wildman–Crippen LogP) is 2.46. The second-order valence-corrected chi connectivity index (χ2v) is 5.97. The molecule has 1 aliphatic rings. The van der Waals surface area contributed by atoms with Gasteiger partial charge in [-0.25, -0.2) is 9.37 Å². The molecule has 3 rings (SSSR count). The molecule has 0 spiro atoms. The van der Waals surface area contributed by atoms with Gasteiger partial charge in [0.15, 0.2) is 0 Å². The highest BCUT2D eigenvalue weighted by atomic mass is 35.5. The van der Waals surface area contributed by atoms with Crippen LogP contribution < -0.4 is 15.5 Å². The fourth-order valence-corrected chi connectivity index (χ4v) is 2.85. The van der Waals surface area contributed by atoms with E-state index in [4.69, 9.17) is 11.6 Å². The SMILES string of the molecule is O=C(Cc1c(F)cccc1Cl)Nc1ccc(N2CCNCC2)cn1. The lowest BCUT2D eigenvalue weighted by Crippen LogP contribution is -2.43. The summed E-state index contributed by atoms with van der Waals surface area (Å²) in [6.45, 7) is 3.75. The van der Waals surface area contributed by atoms with Gasteiger partial charge in [-0.05, 0) is 24.3 Å². The predicted molar refractivity (Wildman–Crippen MR) is 93.1 cm³/mol. The van der Waals surface area contributed by atoms with Gasteiger partial charge in [-0.3, -0.25) is 4.79 Å². The number of benzene rings is 1. The van der Waals surface area contributed by atoms with E-state index in [9.17, 15) is 9.18 Å². The highest BCUT2D eigenvalue weighted by Gasteiger charge is 2.14. The Hall–Kier alpha value is -2.18. The van der Waals surface area contributed by atoms with Crippen molar-refractivity contribution in [1.29, 1.82) is 0 Å². The zero-order valence-corrected chi connectivity index (χ0v) is 13.8. The van der Waals surface area contributed by atoms with E-state index in [2.05, 4.69) is 20.5 Å². The number of hydrogen-bond acceptors (Lipinski definition) is 4. The third-order valence-electron chi connectivity index (χ3n) is 3.90. The summed E-state index contributed by atoms with van der Waals surface area (Å²) >= 11 is 5.94. The fraction of sp³-hybridized carbons (Fsp3) is 0.294. The van der Waals surface area contributed by atoms with E-state index < -0.39 is 5.82 Å². The summed E-state index contributed by atoms with van der Waals surface area (Å²) < 4.78 is 13.7. The molecule has 0 aliphatic carbocycles.